The summed E-state index contributed by atoms with van der Waals surface area (Å²) < 4.78 is 0. The summed E-state index contributed by atoms with van der Waals surface area (Å²) in [5, 5.41) is 24.7. The Hall–Kier alpha value is -3.42. The van der Waals surface area contributed by atoms with Gasteiger partial charge in [-0.05, 0) is 25.2 Å². The summed E-state index contributed by atoms with van der Waals surface area (Å²) >= 11 is 0. The van der Waals surface area contributed by atoms with Crippen molar-refractivity contribution in [2.24, 2.45) is 28.1 Å². The molecule has 0 unspecified atom stereocenters. The molecule has 0 fully saturated rings. The van der Waals surface area contributed by atoms with Crippen molar-refractivity contribution in [3.05, 3.63) is 0 Å². The Morgan fingerprint density at radius 2 is 1.44 bits per heavy atom. The number of rotatable bonds is 15. The number of carboxylic acid groups (broad SMARTS) is 2. The third-order valence-corrected chi connectivity index (χ3v) is 4.29. The van der Waals surface area contributed by atoms with E-state index in [0.29, 0.717) is 0 Å². The highest BCUT2D eigenvalue weighted by atomic mass is 16.4. The smallest absolute Gasteiger partial charge is 0.322 e. The normalized spacial score (nSPS) is 13.4. The van der Waals surface area contributed by atoms with E-state index in [1.165, 1.54) is 0 Å². The molecule has 0 aliphatic heterocycles. The quantitative estimate of drug-likeness (QED) is 0.0702. The maximum atomic E-state index is 12.8. The van der Waals surface area contributed by atoms with Gasteiger partial charge in [0.2, 0.25) is 17.7 Å². The number of nitrogens with two attached hydrogens (primary N) is 3. The highest BCUT2D eigenvalue weighted by Crippen LogP contribution is 2.05. The van der Waals surface area contributed by atoms with Crippen LogP contribution in [-0.4, -0.2) is 77.0 Å². The molecule has 3 amide bonds. The Kier molecular flexibility index (Phi) is 13.0. The fourth-order valence-electron chi connectivity index (χ4n) is 2.44. The third kappa shape index (κ3) is 12.3. The van der Waals surface area contributed by atoms with Crippen LogP contribution in [-0.2, 0) is 24.0 Å². The first-order chi connectivity index (χ1) is 14.8. The maximum absolute atomic E-state index is 12.8. The van der Waals surface area contributed by atoms with E-state index in [1.54, 1.807) is 13.8 Å². The lowest BCUT2D eigenvalue weighted by atomic mass is 10.0. The summed E-state index contributed by atoms with van der Waals surface area (Å²) in [5.41, 5.74) is 16.2. The van der Waals surface area contributed by atoms with Gasteiger partial charge in [-0.1, -0.05) is 13.8 Å². The third-order valence-electron chi connectivity index (χ3n) is 4.29. The second-order valence-electron chi connectivity index (χ2n) is 7.38. The molecule has 14 nitrogen and oxygen atoms in total. The van der Waals surface area contributed by atoms with Crippen LogP contribution in [0.15, 0.2) is 4.99 Å². The van der Waals surface area contributed by atoms with Gasteiger partial charge in [0.05, 0.1) is 6.04 Å². The summed E-state index contributed by atoms with van der Waals surface area (Å²) in [6.07, 6.45) is -0.336. The van der Waals surface area contributed by atoms with Gasteiger partial charge >= 0.3 is 11.9 Å². The van der Waals surface area contributed by atoms with Crippen LogP contribution in [0.4, 0.5) is 0 Å². The van der Waals surface area contributed by atoms with Crippen LogP contribution < -0.4 is 33.2 Å². The lowest BCUT2D eigenvalue weighted by Crippen LogP contribution is -2.56. The molecule has 0 bridgehead atoms. The Morgan fingerprint density at radius 3 is 1.94 bits per heavy atom. The monoisotopic (exact) mass is 459 g/mol. The summed E-state index contributed by atoms with van der Waals surface area (Å²) in [7, 11) is 0. The van der Waals surface area contributed by atoms with E-state index in [-0.39, 0.29) is 37.7 Å². The molecule has 0 aromatic carbocycles. The molecule has 0 saturated heterocycles. The fraction of sp³-hybridized carbons (Fsp3) is 0.667. The topological polar surface area (TPSA) is 252 Å². The summed E-state index contributed by atoms with van der Waals surface area (Å²) in [5.74, 6) is -5.08. The number of hydrogen-bond donors (Lipinski definition) is 8. The Labute approximate surface area is 185 Å². The standard InChI is InChI=1S/C18H33N7O7/c1-9(2)14(19)17(32)25-11(5-6-12(26)27)16(31)24-10(4-3-7-22-18(20)21)15(30)23-8-13(28)29/h9-11,14H,3-8,19H2,1-2H3,(H,23,30)(H,24,31)(H,25,32)(H,26,27)(H,28,29)(H4,20,21,22)/t10-,11-,14+/m1/s1. The first kappa shape index (κ1) is 28.6. The van der Waals surface area contributed by atoms with Crippen molar-refractivity contribution < 1.29 is 34.2 Å². The largest absolute Gasteiger partial charge is 0.481 e. The molecule has 0 aliphatic carbocycles. The summed E-state index contributed by atoms with van der Waals surface area (Å²) in [6, 6.07) is -3.36. The SMILES string of the molecule is CC(C)[C@H](N)C(=O)N[C@H](CCC(=O)O)C(=O)N[C@H](CCCN=C(N)N)C(=O)NCC(=O)O. The Bertz CT molecular complexity index is 708. The second-order valence-corrected chi connectivity index (χ2v) is 7.38. The summed E-state index contributed by atoms with van der Waals surface area (Å²) in [6.45, 7) is 2.90. The highest BCUT2D eigenvalue weighted by molar-refractivity contribution is 5.93. The molecule has 0 aromatic rings. The number of carbonyl (C=O) groups is 5. The van der Waals surface area contributed by atoms with E-state index < -0.39 is 60.8 Å². The second kappa shape index (κ2) is 14.6. The first-order valence-electron chi connectivity index (χ1n) is 9.98. The van der Waals surface area contributed by atoms with Gasteiger partial charge in [0.1, 0.15) is 18.6 Å². The molecule has 0 radical (unpaired) electrons. The van der Waals surface area contributed by atoms with Crippen molar-refractivity contribution in [1.82, 2.24) is 16.0 Å². The van der Waals surface area contributed by atoms with Crippen LogP contribution in [0.3, 0.4) is 0 Å². The van der Waals surface area contributed by atoms with E-state index in [1.807, 2.05) is 0 Å². The zero-order chi connectivity index (χ0) is 24.8. The molecule has 32 heavy (non-hydrogen) atoms. The molecule has 3 atom stereocenters. The van der Waals surface area contributed by atoms with E-state index >= 15 is 0 Å². The van der Waals surface area contributed by atoms with Crippen molar-refractivity contribution in [2.75, 3.05) is 13.1 Å². The minimum atomic E-state index is -1.28. The molecular formula is C18H33N7O7. The van der Waals surface area contributed by atoms with E-state index in [4.69, 9.17) is 27.4 Å². The van der Waals surface area contributed by atoms with Crippen LogP contribution in [0, 0.1) is 5.92 Å². The van der Waals surface area contributed by atoms with Crippen molar-refractivity contribution >= 4 is 35.6 Å². The molecule has 0 rings (SSSR count). The minimum Gasteiger partial charge on any atom is -0.481 e. The molecule has 182 valence electrons. The number of carboxylic acids is 2. The number of aliphatic imine (C=N–C) groups is 1. The van der Waals surface area contributed by atoms with Gasteiger partial charge in [0.25, 0.3) is 0 Å². The molecular weight excluding hydrogens is 426 g/mol. The van der Waals surface area contributed by atoms with Gasteiger partial charge in [-0.25, -0.2) is 0 Å². The van der Waals surface area contributed by atoms with Gasteiger partial charge in [-0.3, -0.25) is 29.0 Å². The minimum absolute atomic E-state index is 0.0546. The Balaban J connectivity index is 5.38. The van der Waals surface area contributed by atoms with Gasteiger partial charge in [-0.2, -0.15) is 0 Å². The zero-order valence-corrected chi connectivity index (χ0v) is 18.2. The average molecular weight is 460 g/mol. The number of nitrogens with zero attached hydrogens (tertiary/aromatic N) is 1. The number of aliphatic carboxylic acids is 2. The van der Waals surface area contributed by atoms with Gasteiger partial charge in [0.15, 0.2) is 5.96 Å². The first-order valence-corrected chi connectivity index (χ1v) is 9.98. The Morgan fingerprint density at radius 1 is 0.875 bits per heavy atom. The zero-order valence-electron chi connectivity index (χ0n) is 18.2. The van der Waals surface area contributed by atoms with Crippen LogP contribution in [0.2, 0.25) is 0 Å². The van der Waals surface area contributed by atoms with E-state index in [0.717, 1.165) is 0 Å². The van der Waals surface area contributed by atoms with Crippen molar-refractivity contribution in [1.29, 1.82) is 0 Å². The number of carbonyl (C=O) groups excluding carboxylic acids is 3. The van der Waals surface area contributed by atoms with Crippen LogP contribution in [0.25, 0.3) is 0 Å². The van der Waals surface area contributed by atoms with Gasteiger partial charge in [-0.15, -0.1) is 0 Å². The molecule has 0 heterocycles. The molecule has 0 spiro atoms. The van der Waals surface area contributed by atoms with E-state index in [9.17, 15) is 24.0 Å². The number of nitrogens with one attached hydrogen (secondary N) is 3. The lowest BCUT2D eigenvalue weighted by molar-refractivity contribution is -0.138. The lowest BCUT2D eigenvalue weighted by Gasteiger charge is -2.24. The van der Waals surface area contributed by atoms with Crippen molar-refractivity contribution in [2.45, 2.75) is 57.7 Å². The molecule has 11 N–H and O–H groups in total. The average Bonchev–Trinajstić information content (AvgIpc) is 2.69. The highest BCUT2D eigenvalue weighted by Gasteiger charge is 2.29. The van der Waals surface area contributed by atoms with Crippen molar-refractivity contribution in [3.63, 3.8) is 0 Å². The van der Waals surface area contributed by atoms with Gasteiger partial charge in [0, 0.05) is 13.0 Å². The van der Waals surface area contributed by atoms with Gasteiger partial charge < -0.3 is 43.4 Å². The number of hydrogen-bond acceptors (Lipinski definition) is 7. The van der Waals surface area contributed by atoms with Crippen LogP contribution >= 0.6 is 0 Å². The number of guanidine groups is 1. The molecule has 0 aromatic heterocycles. The van der Waals surface area contributed by atoms with E-state index in [2.05, 4.69) is 20.9 Å². The molecule has 0 saturated carbocycles. The predicted molar refractivity (Wildman–Crippen MR) is 114 cm³/mol. The molecule has 14 heteroatoms. The fourth-order valence-corrected chi connectivity index (χ4v) is 2.44. The summed E-state index contributed by atoms with van der Waals surface area (Å²) in [4.78, 5) is 62.8. The predicted octanol–water partition coefficient (Wildman–Crippen LogP) is -2.94. The number of amides is 3. The van der Waals surface area contributed by atoms with Crippen molar-refractivity contribution in [3.8, 4) is 0 Å². The van der Waals surface area contributed by atoms with Crippen LogP contribution in [0.1, 0.15) is 39.5 Å². The maximum Gasteiger partial charge on any atom is 0.322 e. The van der Waals surface area contributed by atoms with Crippen LogP contribution in [0.5, 0.6) is 0 Å². The molecule has 0 aliphatic rings.